The van der Waals surface area contributed by atoms with Crippen molar-refractivity contribution in [1.29, 1.82) is 0 Å². The van der Waals surface area contributed by atoms with E-state index >= 15 is 0 Å². The zero-order valence-electron chi connectivity index (χ0n) is 8.59. The van der Waals surface area contributed by atoms with Gasteiger partial charge in [-0.2, -0.15) is 0 Å². The highest BCUT2D eigenvalue weighted by Crippen LogP contribution is 1.94. The molecule has 0 aliphatic carbocycles. The third-order valence-electron chi connectivity index (χ3n) is 1.75. The molecule has 1 atom stereocenters. The van der Waals surface area contributed by atoms with E-state index in [0.29, 0.717) is 6.04 Å². The Balaban J connectivity index is 3.77. The van der Waals surface area contributed by atoms with E-state index in [1.54, 1.807) is 0 Å². The van der Waals surface area contributed by atoms with Crippen LogP contribution in [0.4, 0.5) is 0 Å². The molecule has 12 heavy (non-hydrogen) atoms. The van der Waals surface area contributed by atoms with Crippen LogP contribution in [-0.4, -0.2) is 25.8 Å². The summed E-state index contributed by atoms with van der Waals surface area (Å²) in [6.45, 7) is 7.30. The van der Waals surface area contributed by atoms with Gasteiger partial charge < -0.3 is 5.32 Å². The summed E-state index contributed by atoms with van der Waals surface area (Å²) in [5, 5.41) is 3.09. The normalized spacial score (nSPS) is 15.5. The summed E-state index contributed by atoms with van der Waals surface area (Å²) in [4.78, 5) is 4.34. The fraction of sp³-hybridized carbons (Fsp3) is 0.700. The third-order valence-corrected chi connectivity index (χ3v) is 1.75. The smallest absolute Gasteiger partial charge is 0.0468 e. The SMILES string of the molecule is CCC(C)N=CC=C(C)CNC. The molecule has 0 saturated carbocycles. The van der Waals surface area contributed by atoms with Crippen molar-refractivity contribution in [3.63, 3.8) is 0 Å². The molecule has 0 bridgehead atoms. The quantitative estimate of drug-likeness (QED) is 0.624. The first kappa shape index (κ1) is 11.4. The van der Waals surface area contributed by atoms with Gasteiger partial charge in [-0.3, -0.25) is 4.99 Å². The first-order valence-electron chi connectivity index (χ1n) is 4.54. The molecule has 0 aromatic heterocycles. The molecule has 0 aromatic carbocycles. The van der Waals surface area contributed by atoms with E-state index in [-0.39, 0.29) is 0 Å². The van der Waals surface area contributed by atoms with E-state index in [1.165, 1.54) is 5.57 Å². The maximum Gasteiger partial charge on any atom is 0.0468 e. The van der Waals surface area contributed by atoms with Gasteiger partial charge in [0.1, 0.15) is 0 Å². The minimum absolute atomic E-state index is 0.448. The van der Waals surface area contributed by atoms with Gasteiger partial charge in [-0.15, -0.1) is 0 Å². The number of likely N-dealkylation sites (N-methyl/N-ethyl adjacent to an activating group) is 1. The second kappa shape index (κ2) is 7.04. The molecule has 1 N–H and O–H groups in total. The molecule has 0 fully saturated rings. The summed E-state index contributed by atoms with van der Waals surface area (Å²) in [7, 11) is 1.95. The zero-order valence-corrected chi connectivity index (χ0v) is 8.59. The Morgan fingerprint density at radius 3 is 2.75 bits per heavy atom. The van der Waals surface area contributed by atoms with Crippen molar-refractivity contribution in [2.24, 2.45) is 4.99 Å². The summed E-state index contributed by atoms with van der Waals surface area (Å²) < 4.78 is 0. The maximum atomic E-state index is 4.34. The van der Waals surface area contributed by atoms with Crippen LogP contribution in [0.5, 0.6) is 0 Å². The first-order chi connectivity index (χ1) is 5.70. The van der Waals surface area contributed by atoms with Crippen molar-refractivity contribution in [2.45, 2.75) is 33.2 Å². The largest absolute Gasteiger partial charge is 0.316 e. The summed E-state index contributed by atoms with van der Waals surface area (Å²) in [6.07, 6.45) is 5.07. The van der Waals surface area contributed by atoms with Crippen LogP contribution in [0.1, 0.15) is 27.2 Å². The number of hydrogen-bond donors (Lipinski definition) is 1. The van der Waals surface area contributed by atoms with E-state index in [2.05, 4.69) is 37.2 Å². The summed E-state index contributed by atoms with van der Waals surface area (Å²) >= 11 is 0. The van der Waals surface area contributed by atoms with Gasteiger partial charge in [0.05, 0.1) is 0 Å². The van der Waals surface area contributed by atoms with Crippen LogP contribution in [0.3, 0.4) is 0 Å². The van der Waals surface area contributed by atoms with Gasteiger partial charge >= 0.3 is 0 Å². The summed E-state index contributed by atoms with van der Waals surface area (Å²) in [5.74, 6) is 0. The first-order valence-corrected chi connectivity index (χ1v) is 4.54. The van der Waals surface area contributed by atoms with Gasteiger partial charge in [-0.1, -0.05) is 12.5 Å². The molecule has 0 radical (unpaired) electrons. The fourth-order valence-corrected chi connectivity index (χ4v) is 0.760. The van der Waals surface area contributed by atoms with E-state index in [9.17, 15) is 0 Å². The van der Waals surface area contributed by atoms with Crippen molar-refractivity contribution in [2.75, 3.05) is 13.6 Å². The predicted molar refractivity (Wildman–Crippen MR) is 55.9 cm³/mol. The van der Waals surface area contributed by atoms with E-state index < -0.39 is 0 Å². The van der Waals surface area contributed by atoms with E-state index in [1.807, 2.05) is 13.3 Å². The molecule has 0 aromatic rings. The lowest BCUT2D eigenvalue weighted by Gasteiger charge is -1.99. The molecule has 0 rings (SSSR count). The monoisotopic (exact) mass is 168 g/mol. The number of hydrogen-bond acceptors (Lipinski definition) is 2. The van der Waals surface area contributed by atoms with Crippen LogP contribution in [0.2, 0.25) is 0 Å². The number of rotatable bonds is 5. The van der Waals surface area contributed by atoms with E-state index in [4.69, 9.17) is 0 Å². The molecular weight excluding hydrogens is 148 g/mol. The van der Waals surface area contributed by atoms with Crippen LogP contribution >= 0.6 is 0 Å². The van der Waals surface area contributed by atoms with Gasteiger partial charge in [0, 0.05) is 18.8 Å². The van der Waals surface area contributed by atoms with Gasteiger partial charge in [0.25, 0.3) is 0 Å². The molecule has 0 saturated heterocycles. The van der Waals surface area contributed by atoms with E-state index in [0.717, 1.165) is 13.0 Å². The van der Waals surface area contributed by atoms with Crippen LogP contribution in [0.15, 0.2) is 16.6 Å². The molecule has 0 aliphatic rings. The fourth-order valence-electron chi connectivity index (χ4n) is 0.760. The molecule has 0 heterocycles. The lowest BCUT2D eigenvalue weighted by molar-refractivity contribution is 0.720. The van der Waals surface area contributed by atoms with Crippen LogP contribution in [-0.2, 0) is 0 Å². The minimum Gasteiger partial charge on any atom is -0.316 e. The Morgan fingerprint density at radius 2 is 2.25 bits per heavy atom. The van der Waals surface area contributed by atoms with Crippen LogP contribution < -0.4 is 5.32 Å². The molecule has 1 unspecified atom stereocenters. The van der Waals surface area contributed by atoms with Crippen LogP contribution in [0, 0.1) is 0 Å². The summed E-state index contributed by atoms with van der Waals surface area (Å²) in [5.41, 5.74) is 1.31. The lowest BCUT2D eigenvalue weighted by Crippen LogP contribution is -2.08. The van der Waals surface area contributed by atoms with Crippen molar-refractivity contribution >= 4 is 6.21 Å². The number of aliphatic imine (C=N–C) groups is 1. The number of allylic oxidation sites excluding steroid dienone is 1. The molecule has 0 spiro atoms. The second-order valence-electron chi connectivity index (χ2n) is 3.10. The molecule has 0 amide bonds. The third kappa shape index (κ3) is 6.10. The molecule has 2 nitrogen and oxygen atoms in total. The van der Waals surface area contributed by atoms with Crippen molar-refractivity contribution in [1.82, 2.24) is 5.32 Å². The standard InChI is InChI=1S/C10H20N2/c1-5-10(3)12-7-6-9(2)8-11-4/h6-7,10-11H,5,8H2,1-4H3. The minimum atomic E-state index is 0.448. The number of nitrogens with zero attached hydrogens (tertiary/aromatic N) is 1. The zero-order chi connectivity index (χ0) is 9.40. The van der Waals surface area contributed by atoms with Gasteiger partial charge in [-0.05, 0) is 33.4 Å². The Bertz CT molecular complexity index is 159. The van der Waals surface area contributed by atoms with Crippen molar-refractivity contribution in [3.8, 4) is 0 Å². The highest BCUT2D eigenvalue weighted by molar-refractivity contribution is 5.72. The highest BCUT2D eigenvalue weighted by Gasteiger charge is 1.89. The van der Waals surface area contributed by atoms with Gasteiger partial charge in [-0.25, -0.2) is 0 Å². The molecule has 70 valence electrons. The highest BCUT2D eigenvalue weighted by atomic mass is 14.8. The average Bonchev–Trinajstić information content (AvgIpc) is 2.04. The Morgan fingerprint density at radius 1 is 1.58 bits per heavy atom. The van der Waals surface area contributed by atoms with Gasteiger partial charge in [0.2, 0.25) is 0 Å². The maximum absolute atomic E-state index is 4.34. The Labute approximate surface area is 75.8 Å². The second-order valence-corrected chi connectivity index (χ2v) is 3.10. The molecule has 0 aliphatic heterocycles. The molecule has 2 heteroatoms. The Kier molecular flexibility index (Phi) is 6.67. The van der Waals surface area contributed by atoms with Crippen molar-refractivity contribution < 1.29 is 0 Å². The topological polar surface area (TPSA) is 24.4 Å². The van der Waals surface area contributed by atoms with Crippen molar-refractivity contribution in [3.05, 3.63) is 11.6 Å². The van der Waals surface area contributed by atoms with Gasteiger partial charge in [0.15, 0.2) is 0 Å². The predicted octanol–water partition coefficient (Wildman–Crippen LogP) is 2.02. The molecular formula is C10H20N2. The number of nitrogens with one attached hydrogen (secondary N) is 1. The average molecular weight is 168 g/mol. The Hall–Kier alpha value is -0.630. The van der Waals surface area contributed by atoms with Crippen LogP contribution in [0.25, 0.3) is 0 Å². The summed E-state index contributed by atoms with van der Waals surface area (Å²) in [6, 6.07) is 0.448. The lowest BCUT2D eigenvalue weighted by atomic mass is 10.2.